The van der Waals surface area contributed by atoms with Crippen LogP contribution < -0.4 is 16.0 Å². The van der Waals surface area contributed by atoms with Gasteiger partial charge in [-0.1, -0.05) is 103 Å². The quantitative estimate of drug-likeness (QED) is 0.351. The monoisotopic (exact) mass is 531 g/mol. The van der Waals surface area contributed by atoms with E-state index in [9.17, 15) is 19.2 Å². The summed E-state index contributed by atoms with van der Waals surface area (Å²) in [5, 5.41) is 8.07. The van der Waals surface area contributed by atoms with Crippen molar-refractivity contribution >= 4 is 34.8 Å². The van der Waals surface area contributed by atoms with Crippen LogP contribution in [0, 0.1) is 0 Å². The van der Waals surface area contributed by atoms with E-state index in [4.69, 9.17) is 4.74 Å². The van der Waals surface area contributed by atoms with Crippen LogP contribution in [0.25, 0.3) is 0 Å². The van der Waals surface area contributed by atoms with Crippen molar-refractivity contribution in [1.29, 1.82) is 0 Å². The Labute approximate surface area is 225 Å². The van der Waals surface area contributed by atoms with E-state index in [2.05, 4.69) is 16.0 Å². The molecule has 0 aromatic heterocycles. The number of hydrogen-bond donors (Lipinski definition) is 3. The topological polar surface area (TPSA) is 114 Å². The van der Waals surface area contributed by atoms with Gasteiger partial charge in [0, 0.05) is 18.6 Å². The van der Waals surface area contributed by atoms with Gasteiger partial charge in [-0.2, -0.15) is 0 Å². The second kappa shape index (κ2) is 13.4. The fraction of sp³-hybridized carbons (Fsp3) is 0.241. The second-order valence-electron chi connectivity index (χ2n) is 8.89. The molecule has 3 atom stereocenters. The van der Waals surface area contributed by atoms with Crippen LogP contribution in [0.4, 0.5) is 4.79 Å². The van der Waals surface area contributed by atoms with Crippen LogP contribution in [-0.2, 0) is 38.6 Å². The summed E-state index contributed by atoms with van der Waals surface area (Å²) in [5.74, 6) is -0.482. The van der Waals surface area contributed by atoms with Gasteiger partial charge in [0.1, 0.15) is 24.7 Å². The van der Waals surface area contributed by atoms with E-state index in [1.807, 2.05) is 91.0 Å². The van der Waals surface area contributed by atoms with Gasteiger partial charge in [-0.05, 0) is 16.7 Å². The molecule has 3 amide bonds. The Morgan fingerprint density at radius 1 is 0.737 bits per heavy atom. The van der Waals surface area contributed by atoms with Crippen molar-refractivity contribution < 1.29 is 23.9 Å². The molecular weight excluding hydrogens is 502 g/mol. The standard InChI is InChI=1S/C29H29N3O5S/c33-26(31-25-19-38-28(25)35)23(16-20-10-4-1-5-11-20)30-27(34)24(17-21-12-6-2-7-13-21)32-29(36)37-18-22-14-8-3-9-15-22/h1-15,23-25H,16-19H2,(H,30,34)(H,31,33)(H,32,36)/t23-,24-,25-/m0/s1. The Morgan fingerprint density at radius 3 is 1.71 bits per heavy atom. The lowest BCUT2D eigenvalue weighted by Gasteiger charge is -2.28. The Kier molecular flexibility index (Phi) is 9.53. The molecule has 1 aliphatic rings. The van der Waals surface area contributed by atoms with Crippen molar-refractivity contribution in [1.82, 2.24) is 16.0 Å². The molecular formula is C29H29N3O5S. The molecule has 1 heterocycles. The molecule has 0 unspecified atom stereocenters. The zero-order chi connectivity index (χ0) is 26.7. The van der Waals surface area contributed by atoms with Crippen molar-refractivity contribution in [3.05, 3.63) is 108 Å². The number of carbonyl (C=O) groups excluding carboxylic acids is 4. The van der Waals surface area contributed by atoms with Gasteiger partial charge in [0.05, 0.1) is 0 Å². The number of ether oxygens (including phenoxy) is 1. The molecule has 38 heavy (non-hydrogen) atoms. The van der Waals surface area contributed by atoms with E-state index >= 15 is 0 Å². The van der Waals surface area contributed by atoms with Gasteiger partial charge in [0.15, 0.2) is 0 Å². The van der Waals surface area contributed by atoms with Gasteiger partial charge in [0.25, 0.3) is 0 Å². The predicted molar refractivity (Wildman–Crippen MR) is 145 cm³/mol. The highest BCUT2D eigenvalue weighted by Gasteiger charge is 2.34. The number of hydrogen-bond acceptors (Lipinski definition) is 6. The second-order valence-corrected chi connectivity index (χ2v) is 9.91. The zero-order valence-electron chi connectivity index (χ0n) is 20.7. The SMILES string of the molecule is O=C(N[C@@H](Cc1ccccc1)C(=O)N[C@@H](Cc1ccccc1)C(=O)N[C@H]1CSC1=O)OCc1ccccc1. The van der Waals surface area contributed by atoms with E-state index in [0.717, 1.165) is 28.5 Å². The van der Waals surface area contributed by atoms with E-state index in [1.165, 1.54) is 0 Å². The first kappa shape index (κ1) is 26.9. The molecule has 1 saturated heterocycles. The minimum Gasteiger partial charge on any atom is -0.445 e. The van der Waals surface area contributed by atoms with Gasteiger partial charge < -0.3 is 20.7 Å². The van der Waals surface area contributed by atoms with Crippen LogP contribution in [-0.4, -0.2) is 46.9 Å². The number of nitrogens with one attached hydrogen (secondary N) is 3. The molecule has 3 aromatic rings. The van der Waals surface area contributed by atoms with Crippen LogP contribution in [0.15, 0.2) is 91.0 Å². The lowest BCUT2D eigenvalue weighted by Crippen LogP contribution is -2.58. The Hall–Kier alpha value is -4.11. The molecule has 0 bridgehead atoms. The third kappa shape index (κ3) is 7.94. The average molecular weight is 532 g/mol. The summed E-state index contributed by atoms with van der Waals surface area (Å²) in [6.07, 6.45) is -0.320. The average Bonchev–Trinajstić information content (AvgIpc) is 2.94. The summed E-state index contributed by atoms with van der Waals surface area (Å²) in [6, 6.07) is 25.3. The van der Waals surface area contributed by atoms with Crippen molar-refractivity contribution in [3.8, 4) is 0 Å². The number of thioether (sulfide) groups is 1. The lowest BCUT2D eigenvalue weighted by atomic mass is 10.0. The fourth-order valence-electron chi connectivity index (χ4n) is 3.91. The minimum absolute atomic E-state index is 0.0544. The van der Waals surface area contributed by atoms with Crippen LogP contribution in [0.1, 0.15) is 16.7 Å². The lowest BCUT2D eigenvalue weighted by molar-refractivity contribution is -0.131. The van der Waals surface area contributed by atoms with Crippen LogP contribution in [0.5, 0.6) is 0 Å². The summed E-state index contributed by atoms with van der Waals surface area (Å²) >= 11 is 1.15. The molecule has 8 nitrogen and oxygen atoms in total. The summed E-state index contributed by atoms with van der Waals surface area (Å²) in [5.41, 5.74) is 2.49. The molecule has 9 heteroatoms. The molecule has 1 aliphatic heterocycles. The number of rotatable bonds is 11. The van der Waals surface area contributed by atoms with Crippen molar-refractivity contribution in [2.45, 2.75) is 37.6 Å². The smallest absolute Gasteiger partial charge is 0.408 e. The number of benzene rings is 3. The van der Waals surface area contributed by atoms with Gasteiger partial charge in [-0.15, -0.1) is 0 Å². The van der Waals surface area contributed by atoms with Crippen LogP contribution in [0.3, 0.4) is 0 Å². The largest absolute Gasteiger partial charge is 0.445 e. The molecule has 3 N–H and O–H groups in total. The normalized spacial score (nSPS) is 15.9. The molecule has 196 valence electrons. The molecule has 0 aliphatic carbocycles. The first-order valence-electron chi connectivity index (χ1n) is 12.3. The van der Waals surface area contributed by atoms with Gasteiger partial charge in [-0.3, -0.25) is 14.4 Å². The Balaban J connectivity index is 1.46. The van der Waals surface area contributed by atoms with Crippen LogP contribution >= 0.6 is 11.8 Å². The highest BCUT2D eigenvalue weighted by atomic mass is 32.2. The fourth-order valence-corrected chi connectivity index (χ4v) is 4.52. The van der Waals surface area contributed by atoms with Crippen molar-refractivity contribution in [3.63, 3.8) is 0 Å². The molecule has 3 aromatic carbocycles. The maximum atomic E-state index is 13.5. The van der Waals surface area contributed by atoms with Crippen molar-refractivity contribution in [2.24, 2.45) is 0 Å². The van der Waals surface area contributed by atoms with E-state index in [0.29, 0.717) is 5.75 Å². The third-order valence-electron chi connectivity index (χ3n) is 6.01. The Bertz CT molecular complexity index is 1240. The summed E-state index contributed by atoms with van der Waals surface area (Å²) in [7, 11) is 0. The first-order chi connectivity index (χ1) is 18.5. The van der Waals surface area contributed by atoms with Gasteiger partial charge >= 0.3 is 6.09 Å². The Morgan fingerprint density at radius 2 is 1.24 bits per heavy atom. The molecule has 1 fully saturated rings. The summed E-state index contributed by atoms with van der Waals surface area (Å²) < 4.78 is 5.33. The van der Waals surface area contributed by atoms with Gasteiger partial charge in [0.2, 0.25) is 16.9 Å². The molecule has 0 radical (unpaired) electrons. The van der Waals surface area contributed by atoms with E-state index in [1.54, 1.807) is 0 Å². The number of alkyl carbamates (subject to hydrolysis) is 1. The minimum atomic E-state index is -0.993. The molecule has 4 rings (SSSR count). The van der Waals surface area contributed by atoms with E-state index in [-0.39, 0.29) is 24.6 Å². The highest BCUT2D eigenvalue weighted by Crippen LogP contribution is 2.20. The molecule has 0 saturated carbocycles. The predicted octanol–water partition coefficient (Wildman–Crippen LogP) is 3.01. The maximum Gasteiger partial charge on any atom is 0.408 e. The summed E-state index contributed by atoms with van der Waals surface area (Å²) in [4.78, 5) is 51.0. The third-order valence-corrected chi connectivity index (χ3v) is 7.08. The van der Waals surface area contributed by atoms with Crippen molar-refractivity contribution in [2.75, 3.05) is 5.75 Å². The highest BCUT2D eigenvalue weighted by molar-refractivity contribution is 8.16. The number of carbonyl (C=O) groups is 4. The summed E-state index contributed by atoms with van der Waals surface area (Å²) in [6.45, 7) is 0.0544. The van der Waals surface area contributed by atoms with E-state index < -0.39 is 36.0 Å². The maximum absolute atomic E-state index is 13.5. The van der Waals surface area contributed by atoms with Crippen LogP contribution in [0.2, 0.25) is 0 Å². The molecule has 0 spiro atoms. The zero-order valence-corrected chi connectivity index (χ0v) is 21.5. The van der Waals surface area contributed by atoms with Gasteiger partial charge in [-0.25, -0.2) is 4.79 Å². The first-order valence-corrected chi connectivity index (χ1v) is 13.3. The number of amides is 3.